The number of carbonyl (C=O) groups excluding carboxylic acids is 1. The lowest BCUT2D eigenvalue weighted by Gasteiger charge is -2.05. The van der Waals surface area contributed by atoms with Crippen LogP contribution in [0.15, 0.2) is 33.2 Å². The van der Waals surface area contributed by atoms with Crippen LogP contribution in [0.4, 0.5) is 0 Å². The van der Waals surface area contributed by atoms with E-state index >= 15 is 0 Å². The molecule has 1 heterocycles. The Hall–Kier alpha value is -1.69. The molecular weight excluding hydrogens is 322 g/mol. The smallest absolute Gasteiger partial charge is 0.252 e. The van der Waals surface area contributed by atoms with Gasteiger partial charge in [-0.2, -0.15) is 0 Å². The quantitative estimate of drug-likeness (QED) is 0.910. The molecule has 20 heavy (non-hydrogen) atoms. The van der Waals surface area contributed by atoms with Crippen LogP contribution in [0.2, 0.25) is 0 Å². The van der Waals surface area contributed by atoms with E-state index in [1.165, 1.54) is 0 Å². The van der Waals surface area contributed by atoms with E-state index in [0.29, 0.717) is 30.3 Å². The first-order valence-corrected chi connectivity index (χ1v) is 7.22. The molecule has 0 aliphatic carbocycles. The summed E-state index contributed by atoms with van der Waals surface area (Å²) in [6.45, 7) is 4.44. The Morgan fingerprint density at radius 1 is 1.35 bits per heavy atom. The minimum atomic E-state index is -0.124. The van der Waals surface area contributed by atoms with E-state index in [1.807, 2.05) is 32.0 Å². The first-order valence-electron chi connectivity index (χ1n) is 6.43. The van der Waals surface area contributed by atoms with Crippen molar-refractivity contribution in [3.8, 4) is 0 Å². The molecule has 0 bridgehead atoms. The van der Waals surface area contributed by atoms with Gasteiger partial charge in [-0.25, -0.2) is 0 Å². The van der Waals surface area contributed by atoms with Crippen molar-refractivity contribution in [1.82, 2.24) is 15.5 Å². The summed E-state index contributed by atoms with van der Waals surface area (Å²) < 4.78 is 6.25. The third-order valence-electron chi connectivity index (χ3n) is 2.72. The fourth-order valence-electron chi connectivity index (χ4n) is 1.62. The Kier molecular flexibility index (Phi) is 4.89. The van der Waals surface area contributed by atoms with Crippen molar-refractivity contribution < 1.29 is 9.21 Å². The van der Waals surface area contributed by atoms with Gasteiger partial charge in [0.1, 0.15) is 0 Å². The van der Waals surface area contributed by atoms with E-state index in [1.54, 1.807) is 6.07 Å². The van der Waals surface area contributed by atoms with Crippen LogP contribution >= 0.6 is 15.9 Å². The number of carbonyl (C=O) groups is 1. The lowest BCUT2D eigenvalue weighted by atomic mass is 10.2. The van der Waals surface area contributed by atoms with Crippen LogP contribution in [0, 0.1) is 0 Å². The molecular formula is C14H16BrN3O2. The van der Waals surface area contributed by atoms with Crippen molar-refractivity contribution in [3.63, 3.8) is 0 Å². The van der Waals surface area contributed by atoms with Crippen molar-refractivity contribution in [2.45, 2.75) is 26.2 Å². The highest BCUT2D eigenvalue weighted by Gasteiger charge is 2.11. The summed E-state index contributed by atoms with van der Waals surface area (Å²) in [6.07, 6.45) is 0.524. The van der Waals surface area contributed by atoms with Gasteiger partial charge in [-0.1, -0.05) is 26.0 Å². The van der Waals surface area contributed by atoms with Gasteiger partial charge in [0.2, 0.25) is 11.8 Å². The maximum Gasteiger partial charge on any atom is 0.252 e. The van der Waals surface area contributed by atoms with Crippen LogP contribution in [0.1, 0.15) is 41.9 Å². The van der Waals surface area contributed by atoms with Gasteiger partial charge in [-0.15, -0.1) is 10.2 Å². The molecule has 0 saturated carbocycles. The Morgan fingerprint density at radius 3 is 2.75 bits per heavy atom. The number of nitrogens with one attached hydrogen (secondary N) is 1. The first-order chi connectivity index (χ1) is 9.58. The Labute approximate surface area is 125 Å². The molecule has 0 aliphatic heterocycles. The van der Waals surface area contributed by atoms with E-state index in [9.17, 15) is 4.79 Å². The first kappa shape index (κ1) is 14.7. The fourth-order valence-corrected chi connectivity index (χ4v) is 2.09. The predicted octanol–water partition coefficient (Wildman–Crippen LogP) is 2.93. The van der Waals surface area contributed by atoms with Crippen LogP contribution in [0.3, 0.4) is 0 Å². The van der Waals surface area contributed by atoms with Gasteiger partial charge in [-0.3, -0.25) is 4.79 Å². The molecule has 106 valence electrons. The molecule has 0 atom stereocenters. The molecule has 0 fully saturated rings. The SMILES string of the molecule is CC(C)c1nnc(CCNC(=O)c2ccccc2Br)o1. The maximum absolute atomic E-state index is 12.0. The van der Waals surface area contributed by atoms with Crippen molar-refractivity contribution in [3.05, 3.63) is 46.1 Å². The number of rotatable bonds is 5. The van der Waals surface area contributed by atoms with Crippen LogP contribution in [0.25, 0.3) is 0 Å². The molecule has 6 heteroatoms. The van der Waals surface area contributed by atoms with Crippen molar-refractivity contribution in [1.29, 1.82) is 0 Å². The number of amides is 1. The zero-order chi connectivity index (χ0) is 14.5. The summed E-state index contributed by atoms with van der Waals surface area (Å²) >= 11 is 3.35. The maximum atomic E-state index is 12.0. The van der Waals surface area contributed by atoms with Gasteiger partial charge in [0.25, 0.3) is 5.91 Å². The topological polar surface area (TPSA) is 68.0 Å². The summed E-state index contributed by atoms with van der Waals surface area (Å²) in [5.41, 5.74) is 0.612. The van der Waals surface area contributed by atoms with Gasteiger partial charge in [-0.05, 0) is 28.1 Å². The summed E-state index contributed by atoms with van der Waals surface area (Å²) in [5.74, 6) is 1.26. The molecule has 0 unspecified atom stereocenters. The van der Waals surface area contributed by atoms with Gasteiger partial charge < -0.3 is 9.73 Å². The standard InChI is InChI=1S/C14H16BrN3O2/c1-9(2)14-18-17-12(20-14)7-8-16-13(19)10-5-3-4-6-11(10)15/h3-6,9H,7-8H2,1-2H3,(H,16,19). The number of aromatic nitrogens is 2. The number of hydrogen-bond donors (Lipinski definition) is 1. The largest absolute Gasteiger partial charge is 0.425 e. The third-order valence-corrected chi connectivity index (χ3v) is 3.41. The van der Waals surface area contributed by atoms with E-state index in [4.69, 9.17) is 4.42 Å². The van der Waals surface area contributed by atoms with Crippen molar-refractivity contribution in [2.24, 2.45) is 0 Å². The zero-order valence-electron chi connectivity index (χ0n) is 11.4. The second-order valence-electron chi connectivity index (χ2n) is 4.67. The molecule has 1 N–H and O–H groups in total. The molecule has 2 aromatic rings. The second-order valence-corrected chi connectivity index (χ2v) is 5.53. The number of nitrogens with zero attached hydrogens (tertiary/aromatic N) is 2. The molecule has 5 nitrogen and oxygen atoms in total. The van der Waals surface area contributed by atoms with Gasteiger partial charge in [0.15, 0.2) is 0 Å². The van der Waals surface area contributed by atoms with Crippen LogP contribution in [-0.2, 0) is 6.42 Å². The Balaban J connectivity index is 1.86. The Bertz CT molecular complexity index is 596. The number of hydrogen-bond acceptors (Lipinski definition) is 4. The van der Waals surface area contributed by atoms with E-state index in [-0.39, 0.29) is 11.8 Å². The van der Waals surface area contributed by atoms with Crippen LogP contribution < -0.4 is 5.32 Å². The normalized spacial score (nSPS) is 10.8. The molecule has 0 spiro atoms. The molecule has 0 saturated heterocycles. The minimum Gasteiger partial charge on any atom is -0.425 e. The Morgan fingerprint density at radius 2 is 2.10 bits per heavy atom. The highest BCUT2D eigenvalue weighted by atomic mass is 79.9. The molecule has 0 aliphatic rings. The van der Waals surface area contributed by atoms with E-state index < -0.39 is 0 Å². The van der Waals surface area contributed by atoms with Crippen LogP contribution in [0.5, 0.6) is 0 Å². The highest BCUT2D eigenvalue weighted by molar-refractivity contribution is 9.10. The van der Waals surface area contributed by atoms with Gasteiger partial charge >= 0.3 is 0 Å². The second kappa shape index (κ2) is 6.65. The zero-order valence-corrected chi connectivity index (χ0v) is 13.0. The summed E-state index contributed by atoms with van der Waals surface area (Å²) in [4.78, 5) is 12.0. The number of halogens is 1. The average molecular weight is 338 g/mol. The average Bonchev–Trinajstić information content (AvgIpc) is 2.88. The van der Waals surface area contributed by atoms with Crippen molar-refractivity contribution >= 4 is 21.8 Å². The highest BCUT2D eigenvalue weighted by Crippen LogP contribution is 2.15. The lowest BCUT2D eigenvalue weighted by Crippen LogP contribution is -2.26. The van der Waals surface area contributed by atoms with E-state index in [2.05, 4.69) is 31.4 Å². The molecule has 1 aromatic carbocycles. The molecule has 2 rings (SSSR count). The van der Waals surface area contributed by atoms with E-state index in [0.717, 1.165) is 4.47 Å². The van der Waals surface area contributed by atoms with Gasteiger partial charge in [0, 0.05) is 23.4 Å². The van der Waals surface area contributed by atoms with Crippen molar-refractivity contribution in [2.75, 3.05) is 6.54 Å². The molecule has 0 radical (unpaired) electrons. The fraction of sp³-hybridized carbons (Fsp3) is 0.357. The minimum absolute atomic E-state index is 0.124. The summed E-state index contributed by atoms with van der Waals surface area (Å²) in [6, 6.07) is 7.30. The van der Waals surface area contributed by atoms with Crippen LogP contribution in [-0.4, -0.2) is 22.6 Å². The molecule has 1 amide bonds. The molecule has 1 aromatic heterocycles. The van der Waals surface area contributed by atoms with Gasteiger partial charge in [0.05, 0.1) is 5.56 Å². The third kappa shape index (κ3) is 3.66. The predicted molar refractivity (Wildman–Crippen MR) is 78.6 cm³/mol. The summed E-state index contributed by atoms with van der Waals surface area (Å²) in [7, 11) is 0. The number of benzene rings is 1. The summed E-state index contributed by atoms with van der Waals surface area (Å²) in [5, 5.41) is 10.7. The monoisotopic (exact) mass is 337 g/mol. The lowest BCUT2D eigenvalue weighted by molar-refractivity contribution is 0.0953.